The van der Waals surface area contributed by atoms with Crippen molar-refractivity contribution in [2.45, 2.75) is 0 Å². The van der Waals surface area contributed by atoms with Gasteiger partial charge in [0.05, 0.1) is 0 Å². The van der Waals surface area contributed by atoms with Crippen LogP contribution in [0.15, 0.2) is 122 Å². The molecule has 0 N–H and O–H groups in total. The van der Waals surface area contributed by atoms with Gasteiger partial charge in [-0.2, -0.15) is 0 Å². The van der Waals surface area contributed by atoms with E-state index in [4.69, 9.17) is 0 Å². The maximum Gasteiger partial charge on any atom is 0.0160 e. The Balaban J connectivity index is 0.000000172. The number of rotatable bonds is 2. The molecule has 0 saturated carbocycles. The molecule has 0 unspecified atom stereocenters. The number of fused-ring (bicyclic) bond motifs is 3. The summed E-state index contributed by atoms with van der Waals surface area (Å²) in [6.45, 7) is 0. The zero-order valence-electron chi connectivity index (χ0n) is 17.8. The van der Waals surface area contributed by atoms with E-state index in [1.165, 1.54) is 21.5 Å². The van der Waals surface area contributed by atoms with Crippen LogP contribution >= 0.6 is 0 Å². The first-order chi connectivity index (χ1) is 15.9. The molecule has 2 aromatic heterocycles. The molecule has 0 saturated heterocycles. The fraction of sp³-hybridized carbons (Fsp3) is 0. The molecule has 0 fully saturated rings. The molecular formula is C30H20IrN2-2. The average Bonchev–Trinajstić information content (AvgIpc) is 2.90. The molecule has 1 radical (unpaired) electrons. The summed E-state index contributed by atoms with van der Waals surface area (Å²) in [5, 5.41) is 5.00. The molecule has 0 aliphatic carbocycles. The predicted octanol–water partition coefficient (Wildman–Crippen LogP) is 7.40. The molecule has 3 heteroatoms. The Hall–Kier alpha value is -3.65. The van der Waals surface area contributed by atoms with E-state index in [1.54, 1.807) is 6.20 Å². The summed E-state index contributed by atoms with van der Waals surface area (Å²) in [4.78, 5) is 8.60. The third kappa shape index (κ3) is 5.23. The minimum absolute atomic E-state index is 0. The smallest absolute Gasteiger partial charge is 0.0160 e. The Kier molecular flexibility index (Phi) is 7.36. The normalized spacial score (nSPS) is 10.2. The van der Waals surface area contributed by atoms with Crippen LogP contribution in [0, 0.1) is 12.1 Å². The number of nitrogens with zero attached hydrogens (tertiary/aromatic N) is 2. The Morgan fingerprint density at radius 2 is 1.18 bits per heavy atom. The van der Waals surface area contributed by atoms with Crippen molar-refractivity contribution in [2.24, 2.45) is 0 Å². The van der Waals surface area contributed by atoms with E-state index in [2.05, 4.69) is 70.6 Å². The monoisotopic (exact) mass is 601 g/mol. The summed E-state index contributed by atoms with van der Waals surface area (Å²) in [5.41, 5.74) is 4.01. The van der Waals surface area contributed by atoms with Gasteiger partial charge in [-0.25, -0.2) is 0 Å². The van der Waals surface area contributed by atoms with Crippen molar-refractivity contribution in [3.8, 4) is 22.5 Å². The van der Waals surface area contributed by atoms with Crippen molar-refractivity contribution in [3.63, 3.8) is 0 Å². The summed E-state index contributed by atoms with van der Waals surface area (Å²) >= 11 is 0. The summed E-state index contributed by atoms with van der Waals surface area (Å²) < 4.78 is 0. The first-order valence-corrected chi connectivity index (χ1v) is 10.5. The number of benzene rings is 4. The van der Waals surface area contributed by atoms with E-state index in [0.717, 1.165) is 22.5 Å². The van der Waals surface area contributed by atoms with Gasteiger partial charge in [-0.05, 0) is 28.9 Å². The molecule has 6 rings (SSSR count). The van der Waals surface area contributed by atoms with Crippen molar-refractivity contribution >= 4 is 21.5 Å². The van der Waals surface area contributed by atoms with Crippen LogP contribution in [0.25, 0.3) is 44.1 Å². The van der Waals surface area contributed by atoms with Gasteiger partial charge in [0.2, 0.25) is 0 Å². The molecule has 0 aliphatic heterocycles. The Morgan fingerprint density at radius 3 is 1.88 bits per heavy atom. The van der Waals surface area contributed by atoms with Crippen molar-refractivity contribution < 1.29 is 20.1 Å². The van der Waals surface area contributed by atoms with Gasteiger partial charge in [0, 0.05) is 32.5 Å². The van der Waals surface area contributed by atoms with Crippen molar-refractivity contribution in [1.29, 1.82) is 0 Å². The van der Waals surface area contributed by atoms with Crippen LogP contribution in [0.5, 0.6) is 0 Å². The van der Waals surface area contributed by atoms with Gasteiger partial charge in [0.1, 0.15) is 0 Å². The summed E-state index contributed by atoms with van der Waals surface area (Å²) in [7, 11) is 0. The standard InChI is InChI=1S/C19H12N.C11H8N.Ir/c1-2-6-17-14(5-1)8-9-15-13-16(10-11-18(15)17)19-7-3-4-12-20-19;1-2-6-10(7-3-1)11-8-4-5-9-12-11;/h1-9,11-13H;1-6,8-9H;/q2*-1;. The van der Waals surface area contributed by atoms with Crippen LogP contribution in [0.3, 0.4) is 0 Å². The van der Waals surface area contributed by atoms with Crippen LogP contribution in [-0.4, -0.2) is 9.97 Å². The zero-order chi connectivity index (χ0) is 21.6. The number of pyridine rings is 2. The van der Waals surface area contributed by atoms with Gasteiger partial charge in [-0.15, -0.1) is 65.0 Å². The molecule has 0 aliphatic rings. The first-order valence-electron chi connectivity index (χ1n) is 10.5. The SMILES string of the molecule is [Ir].[c-]1cc2c(ccc3ccccc32)cc1-c1ccccn1.[c-]1ccccc1-c1ccccn1. The molecule has 0 spiro atoms. The van der Waals surface area contributed by atoms with Crippen LogP contribution < -0.4 is 0 Å². The Bertz CT molecular complexity index is 1410. The van der Waals surface area contributed by atoms with Crippen molar-refractivity contribution in [3.05, 3.63) is 134 Å². The second-order valence-corrected chi connectivity index (χ2v) is 7.34. The molecule has 2 nitrogen and oxygen atoms in total. The summed E-state index contributed by atoms with van der Waals surface area (Å²) in [6, 6.07) is 43.1. The van der Waals surface area contributed by atoms with Gasteiger partial charge >= 0.3 is 0 Å². The molecule has 2 heterocycles. The van der Waals surface area contributed by atoms with Crippen LogP contribution in [0.4, 0.5) is 0 Å². The first kappa shape index (κ1) is 22.5. The van der Waals surface area contributed by atoms with Gasteiger partial charge in [0.15, 0.2) is 0 Å². The van der Waals surface area contributed by atoms with Crippen LogP contribution in [0.2, 0.25) is 0 Å². The number of hydrogen-bond acceptors (Lipinski definition) is 2. The molecule has 4 aromatic carbocycles. The number of hydrogen-bond donors (Lipinski definition) is 0. The van der Waals surface area contributed by atoms with E-state index in [0.29, 0.717) is 0 Å². The van der Waals surface area contributed by atoms with Crippen LogP contribution in [-0.2, 0) is 20.1 Å². The Morgan fingerprint density at radius 1 is 0.515 bits per heavy atom. The fourth-order valence-electron chi connectivity index (χ4n) is 3.69. The third-order valence-electron chi connectivity index (χ3n) is 5.27. The molecule has 0 bridgehead atoms. The third-order valence-corrected chi connectivity index (χ3v) is 5.27. The quantitative estimate of drug-likeness (QED) is 0.153. The minimum atomic E-state index is 0. The molecule has 0 amide bonds. The second-order valence-electron chi connectivity index (χ2n) is 7.34. The van der Waals surface area contributed by atoms with E-state index in [9.17, 15) is 0 Å². The van der Waals surface area contributed by atoms with E-state index in [1.807, 2.05) is 66.9 Å². The molecule has 161 valence electrons. The van der Waals surface area contributed by atoms with Gasteiger partial charge in [-0.3, -0.25) is 0 Å². The largest absolute Gasteiger partial charge is 0.305 e. The van der Waals surface area contributed by atoms with Crippen molar-refractivity contribution in [2.75, 3.05) is 0 Å². The van der Waals surface area contributed by atoms with Gasteiger partial charge in [-0.1, -0.05) is 71.4 Å². The fourth-order valence-corrected chi connectivity index (χ4v) is 3.69. The van der Waals surface area contributed by atoms with E-state index >= 15 is 0 Å². The van der Waals surface area contributed by atoms with Gasteiger partial charge < -0.3 is 9.97 Å². The van der Waals surface area contributed by atoms with Gasteiger partial charge in [0.25, 0.3) is 0 Å². The summed E-state index contributed by atoms with van der Waals surface area (Å²) in [6.07, 6.45) is 3.60. The summed E-state index contributed by atoms with van der Waals surface area (Å²) in [5.74, 6) is 0. The maximum atomic E-state index is 4.39. The van der Waals surface area contributed by atoms with E-state index < -0.39 is 0 Å². The topological polar surface area (TPSA) is 25.8 Å². The van der Waals surface area contributed by atoms with E-state index in [-0.39, 0.29) is 20.1 Å². The average molecular weight is 601 g/mol. The molecule has 0 atom stereocenters. The second kappa shape index (κ2) is 10.8. The molecule has 33 heavy (non-hydrogen) atoms. The molecule has 6 aromatic rings. The number of aromatic nitrogens is 2. The Labute approximate surface area is 207 Å². The van der Waals surface area contributed by atoms with Crippen molar-refractivity contribution in [1.82, 2.24) is 9.97 Å². The predicted molar refractivity (Wildman–Crippen MR) is 132 cm³/mol. The van der Waals surface area contributed by atoms with Crippen LogP contribution in [0.1, 0.15) is 0 Å². The zero-order valence-corrected chi connectivity index (χ0v) is 20.2. The molecular weight excluding hydrogens is 581 g/mol. The minimum Gasteiger partial charge on any atom is -0.305 e. The maximum absolute atomic E-state index is 4.39.